The van der Waals surface area contributed by atoms with Crippen LogP contribution in [0.4, 0.5) is 11.4 Å². The van der Waals surface area contributed by atoms with E-state index in [2.05, 4.69) is 20.8 Å². The monoisotopic (exact) mass is 398 g/mol. The van der Waals surface area contributed by atoms with E-state index in [4.69, 9.17) is 17.0 Å². The number of hydrogen-bond acceptors (Lipinski definition) is 5. The van der Waals surface area contributed by atoms with E-state index < -0.39 is 0 Å². The van der Waals surface area contributed by atoms with Crippen LogP contribution >= 0.6 is 12.2 Å². The van der Waals surface area contributed by atoms with E-state index in [0.29, 0.717) is 23.8 Å². The fraction of sp³-hybridized carbons (Fsp3) is 0.263. The molecule has 0 saturated carbocycles. The maximum atomic E-state index is 11.7. The number of esters is 1. The number of nitrogens with zero attached hydrogens (tertiary/aromatic N) is 4. The third kappa shape index (κ3) is 5.17. The summed E-state index contributed by atoms with van der Waals surface area (Å²) in [4.78, 5) is 11.7. The second kappa shape index (κ2) is 9.14. The van der Waals surface area contributed by atoms with Gasteiger partial charge in [0.1, 0.15) is 0 Å². The first-order valence-electron chi connectivity index (χ1n) is 8.96. The number of carbonyl (C=O) groups is 1. The summed E-state index contributed by atoms with van der Waals surface area (Å²) in [5.74, 6) is -0.341. The summed E-state index contributed by atoms with van der Waals surface area (Å²) in [6, 6.07) is 6.93. The molecule has 2 heterocycles. The summed E-state index contributed by atoms with van der Waals surface area (Å²) in [6.07, 6.45) is 7.43. The number of carbonyl (C=O) groups excluding carboxylic acids is 1. The van der Waals surface area contributed by atoms with E-state index in [0.717, 1.165) is 23.5 Å². The van der Waals surface area contributed by atoms with Crippen molar-refractivity contribution in [1.29, 1.82) is 0 Å². The Kier molecular flexibility index (Phi) is 6.38. The van der Waals surface area contributed by atoms with Crippen molar-refractivity contribution < 1.29 is 9.53 Å². The van der Waals surface area contributed by atoms with Gasteiger partial charge in [0.25, 0.3) is 0 Å². The highest BCUT2D eigenvalue weighted by Crippen LogP contribution is 2.13. The molecule has 0 aliphatic rings. The molecule has 2 aromatic heterocycles. The lowest BCUT2D eigenvalue weighted by Crippen LogP contribution is -2.18. The predicted octanol–water partition coefficient (Wildman–Crippen LogP) is 3.13. The Morgan fingerprint density at radius 3 is 2.43 bits per heavy atom. The van der Waals surface area contributed by atoms with E-state index in [1.54, 1.807) is 37.4 Å². The Bertz CT molecular complexity index is 948. The minimum atomic E-state index is -0.341. The van der Waals surface area contributed by atoms with Crippen molar-refractivity contribution in [2.24, 2.45) is 0 Å². The summed E-state index contributed by atoms with van der Waals surface area (Å²) < 4.78 is 8.66. The first-order valence-corrected chi connectivity index (χ1v) is 9.37. The molecular formula is C19H22N6O2S. The molecule has 0 spiro atoms. The fourth-order valence-electron chi connectivity index (χ4n) is 2.56. The third-order valence-electron chi connectivity index (χ3n) is 3.90. The van der Waals surface area contributed by atoms with Crippen molar-refractivity contribution in [2.45, 2.75) is 26.9 Å². The van der Waals surface area contributed by atoms with E-state index in [1.807, 2.05) is 34.9 Å². The van der Waals surface area contributed by atoms with Gasteiger partial charge in [0.05, 0.1) is 36.8 Å². The van der Waals surface area contributed by atoms with Gasteiger partial charge in [-0.2, -0.15) is 10.2 Å². The highest BCUT2D eigenvalue weighted by Gasteiger charge is 2.07. The van der Waals surface area contributed by atoms with Gasteiger partial charge in [0.15, 0.2) is 5.11 Å². The number of nitrogens with one attached hydrogen (secondary N) is 2. The van der Waals surface area contributed by atoms with Crippen molar-refractivity contribution in [3.63, 3.8) is 0 Å². The third-order valence-corrected chi connectivity index (χ3v) is 4.10. The summed E-state index contributed by atoms with van der Waals surface area (Å²) in [5.41, 5.74) is 3.13. The first kappa shape index (κ1) is 19.6. The number of benzene rings is 1. The summed E-state index contributed by atoms with van der Waals surface area (Å²) in [7, 11) is 0. The van der Waals surface area contributed by atoms with Crippen molar-refractivity contribution in [3.05, 3.63) is 60.2 Å². The lowest BCUT2D eigenvalue weighted by atomic mass is 10.2. The molecule has 3 aromatic rings. The maximum Gasteiger partial charge on any atom is 0.338 e. The first-order chi connectivity index (χ1) is 13.6. The zero-order valence-corrected chi connectivity index (χ0v) is 16.6. The molecule has 2 N–H and O–H groups in total. The second-order valence-electron chi connectivity index (χ2n) is 6.01. The SMILES string of the molecule is CCOC(=O)c1ccc(NC(=S)Nc2cnn(Cc3cnn(CC)c3)c2)cc1. The molecule has 0 aliphatic heterocycles. The normalized spacial score (nSPS) is 10.5. The lowest BCUT2D eigenvalue weighted by molar-refractivity contribution is 0.0526. The van der Waals surface area contributed by atoms with Crippen molar-refractivity contribution >= 4 is 34.7 Å². The van der Waals surface area contributed by atoms with E-state index >= 15 is 0 Å². The predicted molar refractivity (Wildman–Crippen MR) is 111 cm³/mol. The van der Waals surface area contributed by atoms with Crippen LogP contribution in [0, 0.1) is 0 Å². The van der Waals surface area contributed by atoms with Crippen LogP contribution in [0.3, 0.4) is 0 Å². The summed E-state index contributed by atoms with van der Waals surface area (Å²) in [5, 5.41) is 15.2. The molecule has 0 amide bonds. The van der Waals surface area contributed by atoms with Gasteiger partial charge in [-0.1, -0.05) is 0 Å². The van der Waals surface area contributed by atoms with Gasteiger partial charge in [-0.25, -0.2) is 4.79 Å². The zero-order chi connectivity index (χ0) is 19.9. The number of hydrogen-bond donors (Lipinski definition) is 2. The highest BCUT2D eigenvalue weighted by atomic mass is 32.1. The summed E-state index contributed by atoms with van der Waals surface area (Å²) in [6.45, 7) is 5.65. The van der Waals surface area contributed by atoms with E-state index in [9.17, 15) is 4.79 Å². The van der Waals surface area contributed by atoms with E-state index in [1.165, 1.54) is 0 Å². The maximum absolute atomic E-state index is 11.7. The van der Waals surface area contributed by atoms with Crippen LogP contribution in [-0.4, -0.2) is 37.2 Å². The molecular weight excluding hydrogens is 376 g/mol. The molecule has 0 radical (unpaired) electrons. The topological polar surface area (TPSA) is 86.0 Å². The molecule has 3 rings (SSSR count). The molecule has 0 unspecified atom stereocenters. The van der Waals surface area contributed by atoms with Gasteiger partial charge in [0, 0.05) is 30.2 Å². The number of aryl methyl sites for hydroxylation is 1. The van der Waals surface area contributed by atoms with Crippen molar-refractivity contribution in [2.75, 3.05) is 17.2 Å². The molecule has 8 nitrogen and oxygen atoms in total. The Morgan fingerprint density at radius 2 is 1.75 bits per heavy atom. The van der Waals surface area contributed by atoms with Crippen LogP contribution in [0.2, 0.25) is 0 Å². The summed E-state index contributed by atoms with van der Waals surface area (Å²) >= 11 is 5.34. The average Bonchev–Trinajstić information content (AvgIpc) is 3.32. The van der Waals surface area contributed by atoms with Gasteiger partial charge < -0.3 is 15.4 Å². The molecule has 28 heavy (non-hydrogen) atoms. The molecule has 0 atom stereocenters. The quantitative estimate of drug-likeness (QED) is 0.467. The highest BCUT2D eigenvalue weighted by molar-refractivity contribution is 7.80. The van der Waals surface area contributed by atoms with Gasteiger partial charge in [-0.15, -0.1) is 0 Å². The van der Waals surface area contributed by atoms with Crippen LogP contribution < -0.4 is 10.6 Å². The molecule has 1 aromatic carbocycles. The minimum Gasteiger partial charge on any atom is -0.462 e. The Labute approximate surface area is 168 Å². The van der Waals surface area contributed by atoms with Crippen LogP contribution in [0.1, 0.15) is 29.8 Å². The number of thiocarbonyl (C=S) groups is 1. The van der Waals surface area contributed by atoms with Crippen LogP contribution in [0.25, 0.3) is 0 Å². The van der Waals surface area contributed by atoms with Gasteiger partial charge in [-0.3, -0.25) is 9.36 Å². The molecule has 0 fully saturated rings. The van der Waals surface area contributed by atoms with Crippen LogP contribution in [0.15, 0.2) is 49.1 Å². The number of aromatic nitrogens is 4. The largest absolute Gasteiger partial charge is 0.462 e. The average molecular weight is 398 g/mol. The van der Waals surface area contributed by atoms with Crippen LogP contribution in [0.5, 0.6) is 0 Å². The van der Waals surface area contributed by atoms with Gasteiger partial charge in [-0.05, 0) is 50.3 Å². The Hall–Kier alpha value is -3.20. The van der Waals surface area contributed by atoms with Crippen molar-refractivity contribution in [1.82, 2.24) is 19.6 Å². The van der Waals surface area contributed by atoms with Crippen molar-refractivity contribution in [3.8, 4) is 0 Å². The molecule has 9 heteroatoms. The minimum absolute atomic E-state index is 0.341. The van der Waals surface area contributed by atoms with E-state index in [-0.39, 0.29) is 5.97 Å². The second-order valence-corrected chi connectivity index (χ2v) is 6.42. The molecule has 0 bridgehead atoms. The Balaban J connectivity index is 1.53. The zero-order valence-electron chi connectivity index (χ0n) is 15.8. The molecule has 0 aliphatic carbocycles. The number of ether oxygens (including phenoxy) is 1. The standard InChI is InChI=1S/C19H22N6O2S/c1-3-24-11-14(9-20-24)12-25-13-17(10-21-25)23-19(28)22-16-7-5-15(6-8-16)18(26)27-4-2/h5-11,13H,3-4,12H2,1-2H3,(H2,22,23,28). The smallest absolute Gasteiger partial charge is 0.338 e. The number of rotatable bonds is 7. The fourth-order valence-corrected chi connectivity index (χ4v) is 2.80. The van der Waals surface area contributed by atoms with Gasteiger partial charge >= 0.3 is 5.97 Å². The number of anilines is 2. The Morgan fingerprint density at radius 1 is 1.04 bits per heavy atom. The van der Waals surface area contributed by atoms with Gasteiger partial charge in [0.2, 0.25) is 0 Å². The molecule has 0 saturated heterocycles. The lowest BCUT2D eigenvalue weighted by Gasteiger charge is -2.09. The van der Waals surface area contributed by atoms with Crippen LogP contribution in [-0.2, 0) is 17.8 Å². The molecule has 146 valence electrons.